The lowest BCUT2D eigenvalue weighted by molar-refractivity contribution is 0.445. The first kappa shape index (κ1) is 13.9. The van der Waals surface area contributed by atoms with Crippen LogP contribution in [0.15, 0.2) is 47.1 Å². The Kier molecular flexibility index (Phi) is 4.06. The summed E-state index contributed by atoms with van der Waals surface area (Å²) in [4.78, 5) is 4.53. The van der Waals surface area contributed by atoms with Gasteiger partial charge in [-0.3, -0.25) is 0 Å². The molecule has 0 bridgehead atoms. The fourth-order valence-corrected chi connectivity index (χ4v) is 2.60. The van der Waals surface area contributed by atoms with Gasteiger partial charge in [0.15, 0.2) is 0 Å². The number of imidazole rings is 1. The van der Waals surface area contributed by atoms with Crippen LogP contribution in [-0.2, 0) is 6.54 Å². The number of aromatic nitrogens is 2. The third kappa shape index (κ3) is 2.72. The molecule has 0 amide bonds. The van der Waals surface area contributed by atoms with Crippen molar-refractivity contribution in [3.05, 3.63) is 54.3 Å². The lowest BCUT2D eigenvalue weighted by Crippen LogP contribution is -2.25. The number of benzene rings is 1. The van der Waals surface area contributed by atoms with Gasteiger partial charge in [-0.15, -0.1) is 0 Å². The van der Waals surface area contributed by atoms with Gasteiger partial charge in [0.25, 0.3) is 0 Å². The summed E-state index contributed by atoms with van der Waals surface area (Å²) in [5.74, 6) is 1.93. The van der Waals surface area contributed by atoms with Gasteiger partial charge in [0.05, 0.1) is 0 Å². The van der Waals surface area contributed by atoms with E-state index in [0.717, 1.165) is 42.1 Å². The van der Waals surface area contributed by atoms with Gasteiger partial charge in [-0.1, -0.05) is 25.1 Å². The second kappa shape index (κ2) is 6.14. The van der Waals surface area contributed by atoms with Crippen LogP contribution in [0, 0.1) is 0 Å². The van der Waals surface area contributed by atoms with E-state index in [2.05, 4.69) is 40.8 Å². The predicted octanol–water partition coefficient (Wildman–Crippen LogP) is 3.74. The van der Waals surface area contributed by atoms with E-state index < -0.39 is 0 Å². The Morgan fingerprint density at radius 3 is 2.90 bits per heavy atom. The zero-order valence-corrected chi connectivity index (χ0v) is 12.5. The van der Waals surface area contributed by atoms with Crippen molar-refractivity contribution < 1.29 is 4.42 Å². The standard InChI is InChI=1S/C17H21N3O/c1-3-9-18-16(17-19-10-11-20(17)4-2)15-12-13-7-5-6-8-14(13)21-15/h5-8,10-12,16,18H,3-4,9H2,1-2H3. The highest BCUT2D eigenvalue weighted by atomic mass is 16.3. The van der Waals surface area contributed by atoms with Crippen molar-refractivity contribution in [2.75, 3.05) is 6.54 Å². The second-order valence-electron chi connectivity index (χ2n) is 5.15. The molecule has 0 saturated heterocycles. The third-order valence-electron chi connectivity index (χ3n) is 3.67. The number of nitrogens with zero attached hydrogens (tertiary/aromatic N) is 2. The number of furan rings is 1. The Labute approximate surface area is 124 Å². The van der Waals surface area contributed by atoms with Crippen molar-refractivity contribution in [1.82, 2.24) is 14.9 Å². The molecule has 3 aromatic rings. The molecule has 0 aliphatic carbocycles. The molecule has 0 radical (unpaired) electrons. The fourth-order valence-electron chi connectivity index (χ4n) is 2.60. The maximum atomic E-state index is 6.03. The van der Waals surface area contributed by atoms with Crippen LogP contribution in [0.25, 0.3) is 11.0 Å². The summed E-state index contributed by atoms with van der Waals surface area (Å²) >= 11 is 0. The molecule has 4 nitrogen and oxygen atoms in total. The first-order chi connectivity index (χ1) is 10.3. The Hall–Kier alpha value is -2.07. The molecule has 1 N–H and O–H groups in total. The van der Waals surface area contributed by atoms with E-state index in [1.807, 2.05) is 30.6 Å². The third-order valence-corrected chi connectivity index (χ3v) is 3.67. The maximum Gasteiger partial charge on any atom is 0.134 e. The number of rotatable bonds is 6. The predicted molar refractivity (Wildman–Crippen MR) is 84.3 cm³/mol. The van der Waals surface area contributed by atoms with Gasteiger partial charge in [0.2, 0.25) is 0 Å². The van der Waals surface area contributed by atoms with Crippen molar-refractivity contribution in [3.63, 3.8) is 0 Å². The summed E-state index contributed by atoms with van der Waals surface area (Å²) in [5.41, 5.74) is 0.922. The summed E-state index contributed by atoms with van der Waals surface area (Å²) in [6.45, 7) is 6.12. The fraction of sp³-hybridized carbons (Fsp3) is 0.353. The maximum absolute atomic E-state index is 6.03. The molecule has 4 heteroatoms. The van der Waals surface area contributed by atoms with Crippen molar-refractivity contribution in [3.8, 4) is 0 Å². The number of hydrogen-bond acceptors (Lipinski definition) is 3. The van der Waals surface area contributed by atoms with Crippen LogP contribution in [0.3, 0.4) is 0 Å². The molecule has 1 aromatic carbocycles. The molecule has 110 valence electrons. The molecule has 0 aliphatic rings. The van der Waals surface area contributed by atoms with Gasteiger partial charge in [-0.25, -0.2) is 4.98 Å². The minimum atomic E-state index is -0.00713. The summed E-state index contributed by atoms with van der Waals surface area (Å²) < 4.78 is 8.19. The van der Waals surface area contributed by atoms with Crippen LogP contribution < -0.4 is 5.32 Å². The van der Waals surface area contributed by atoms with Crippen LogP contribution in [0.4, 0.5) is 0 Å². The Morgan fingerprint density at radius 2 is 2.14 bits per heavy atom. The van der Waals surface area contributed by atoms with Crippen LogP contribution >= 0.6 is 0 Å². The lowest BCUT2D eigenvalue weighted by Gasteiger charge is -2.17. The lowest BCUT2D eigenvalue weighted by atomic mass is 10.1. The van der Waals surface area contributed by atoms with Gasteiger partial charge >= 0.3 is 0 Å². The smallest absolute Gasteiger partial charge is 0.134 e. The van der Waals surface area contributed by atoms with E-state index in [4.69, 9.17) is 4.42 Å². The summed E-state index contributed by atoms with van der Waals surface area (Å²) in [7, 11) is 0. The molecular weight excluding hydrogens is 262 g/mol. The molecule has 0 saturated carbocycles. The number of aryl methyl sites for hydroxylation is 1. The number of para-hydroxylation sites is 1. The van der Waals surface area contributed by atoms with Crippen LogP contribution in [0.2, 0.25) is 0 Å². The largest absolute Gasteiger partial charge is 0.459 e. The van der Waals surface area contributed by atoms with Crippen LogP contribution in [0.5, 0.6) is 0 Å². The molecule has 1 unspecified atom stereocenters. The normalized spacial score (nSPS) is 12.9. The molecule has 3 rings (SSSR count). The molecule has 0 aliphatic heterocycles. The number of hydrogen-bond donors (Lipinski definition) is 1. The average molecular weight is 283 g/mol. The van der Waals surface area contributed by atoms with Crippen LogP contribution in [-0.4, -0.2) is 16.1 Å². The van der Waals surface area contributed by atoms with Crippen molar-refractivity contribution in [2.24, 2.45) is 0 Å². The van der Waals surface area contributed by atoms with E-state index in [1.165, 1.54) is 0 Å². The second-order valence-corrected chi connectivity index (χ2v) is 5.15. The van der Waals surface area contributed by atoms with Crippen LogP contribution in [0.1, 0.15) is 37.9 Å². The number of nitrogens with one attached hydrogen (secondary N) is 1. The summed E-state index contributed by atoms with van der Waals surface area (Å²) in [6, 6.07) is 10.2. The van der Waals surface area contributed by atoms with E-state index in [-0.39, 0.29) is 6.04 Å². The van der Waals surface area contributed by atoms with E-state index in [1.54, 1.807) is 0 Å². The number of fused-ring (bicyclic) bond motifs is 1. The first-order valence-corrected chi connectivity index (χ1v) is 7.56. The van der Waals surface area contributed by atoms with Gasteiger partial charge < -0.3 is 14.3 Å². The van der Waals surface area contributed by atoms with Gasteiger partial charge in [-0.2, -0.15) is 0 Å². The zero-order chi connectivity index (χ0) is 14.7. The quantitative estimate of drug-likeness (QED) is 0.749. The molecule has 0 fully saturated rings. The monoisotopic (exact) mass is 283 g/mol. The minimum Gasteiger partial charge on any atom is -0.459 e. The molecular formula is C17H21N3O. The topological polar surface area (TPSA) is 43.0 Å². The highest BCUT2D eigenvalue weighted by molar-refractivity contribution is 5.77. The van der Waals surface area contributed by atoms with Crippen molar-refractivity contribution in [1.29, 1.82) is 0 Å². The molecule has 0 spiro atoms. The Bertz CT molecular complexity index is 680. The van der Waals surface area contributed by atoms with E-state index in [9.17, 15) is 0 Å². The molecule has 21 heavy (non-hydrogen) atoms. The van der Waals surface area contributed by atoms with Gasteiger partial charge in [0, 0.05) is 24.3 Å². The Morgan fingerprint density at radius 1 is 1.29 bits per heavy atom. The minimum absolute atomic E-state index is 0.00713. The Balaban J connectivity index is 2.02. The van der Waals surface area contributed by atoms with E-state index >= 15 is 0 Å². The molecule has 2 aromatic heterocycles. The van der Waals surface area contributed by atoms with Crippen molar-refractivity contribution in [2.45, 2.75) is 32.9 Å². The van der Waals surface area contributed by atoms with E-state index in [0.29, 0.717) is 0 Å². The van der Waals surface area contributed by atoms with Gasteiger partial charge in [0.1, 0.15) is 23.2 Å². The highest BCUT2D eigenvalue weighted by Gasteiger charge is 2.22. The summed E-state index contributed by atoms with van der Waals surface area (Å²) in [5, 5.41) is 4.68. The highest BCUT2D eigenvalue weighted by Crippen LogP contribution is 2.27. The SMILES string of the molecule is CCCNC(c1cc2ccccc2o1)c1nccn1CC. The zero-order valence-electron chi connectivity index (χ0n) is 12.5. The molecule has 1 atom stereocenters. The summed E-state index contributed by atoms with van der Waals surface area (Å²) in [6.07, 6.45) is 4.93. The molecule has 2 heterocycles. The van der Waals surface area contributed by atoms with Gasteiger partial charge in [-0.05, 0) is 32.0 Å². The van der Waals surface area contributed by atoms with Crippen molar-refractivity contribution >= 4 is 11.0 Å². The average Bonchev–Trinajstić information content (AvgIpc) is 3.14. The first-order valence-electron chi connectivity index (χ1n) is 7.56.